The van der Waals surface area contributed by atoms with Gasteiger partial charge in [-0.05, 0) is 19.1 Å². The van der Waals surface area contributed by atoms with E-state index >= 15 is 0 Å². The molecule has 1 aromatic carbocycles. The fourth-order valence-electron chi connectivity index (χ4n) is 2.17. The van der Waals surface area contributed by atoms with Crippen LogP contribution in [0.1, 0.15) is 12.5 Å². The number of carbonyl (C=O) groups is 1. The van der Waals surface area contributed by atoms with Crippen LogP contribution in [0.15, 0.2) is 18.2 Å². The molecule has 98 valence electrons. The average Bonchev–Trinajstić information content (AvgIpc) is 2.34. The maximum atomic E-state index is 13.5. The zero-order valence-corrected chi connectivity index (χ0v) is 10.2. The van der Waals surface area contributed by atoms with Crippen molar-refractivity contribution in [3.63, 3.8) is 0 Å². The SMILES string of the molecule is CC1CNCCN1C(=O)Cc1c(F)cccc1F. The van der Waals surface area contributed by atoms with Gasteiger partial charge in [0.25, 0.3) is 0 Å². The molecule has 1 amide bonds. The molecule has 1 aliphatic heterocycles. The summed E-state index contributed by atoms with van der Waals surface area (Å²) in [5.74, 6) is -1.55. The average molecular weight is 254 g/mol. The van der Waals surface area contributed by atoms with Gasteiger partial charge in [0.05, 0.1) is 6.42 Å². The van der Waals surface area contributed by atoms with Crippen LogP contribution in [0.2, 0.25) is 0 Å². The number of benzene rings is 1. The van der Waals surface area contributed by atoms with E-state index in [0.29, 0.717) is 13.1 Å². The van der Waals surface area contributed by atoms with E-state index in [2.05, 4.69) is 5.32 Å². The summed E-state index contributed by atoms with van der Waals surface area (Å²) in [7, 11) is 0. The molecule has 1 unspecified atom stereocenters. The van der Waals surface area contributed by atoms with Crippen LogP contribution in [0.4, 0.5) is 8.78 Å². The van der Waals surface area contributed by atoms with Crippen LogP contribution >= 0.6 is 0 Å². The Kier molecular flexibility index (Phi) is 3.91. The minimum Gasteiger partial charge on any atom is -0.337 e. The molecule has 5 heteroatoms. The zero-order valence-electron chi connectivity index (χ0n) is 10.2. The Hall–Kier alpha value is -1.49. The highest BCUT2D eigenvalue weighted by Crippen LogP contribution is 2.15. The molecule has 0 bridgehead atoms. The predicted molar refractivity (Wildman–Crippen MR) is 64.1 cm³/mol. The topological polar surface area (TPSA) is 32.3 Å². The normalized spacial score (nSPS) is 19.9. The van der Waals surface area contributed by atoms with Gasteiger partial charge in [-0.1, -0.05) is 6.07 Å². The zero-order chi connectivity index (χ0) is 13.1. The van der Waals surface area contributed by atoms with Gasteiger partial charge in [0.1, 0.15) is 11.6 Å². The van der Waals surface area contributed by atoms with Gasteiger partial charge in [0, 0.05) is 31.2 Å². The van der Waals surface area contributed by atoms with Crippen LogP contribution in [-0.2, 0) is 11.2 Å². The maximum Gasteiger partial charge on any atom is 0.227 e. The van der Waals surface area contributed by atoms with E-state index < -0.39 is 11.6 Å². The van der Waals surface area contributed by atoms with Crippen molar-refractivity contribution >= 4 is 5.91 Å². The Bertz CT molecular complexity index is 430. The van der Waals surface area contributed by atoms with Crippen LogP contribution in [0.5, 0.6) is 0 Å². The first-order valence-electron chi connectivity index (χ1n) is 6.02. The molecule has 0 spiro atoms. The molecule has 1 heterocycles. The first kappa shape index (κ1) is 13.0. The first-order valence-corrected chi connectivity index (χ1v) is 6.02. The number of nitrogens with one attached hydrogen (secondary N) is 1. The molecule has 1 aliphatic rings. The summed E-state index contributed by atoms with van der Waals surface area (Å²) >= 11 is 0. The quantitative estimate of drug-likeness (QED) is 0.863. The molecule has 3 nitrogen and oxygen atoms in total. The second-order valence-electron chi connectivity index (χ2n) is 4.52. The predicted octanol–water partition coefficient (Wildman–Crippen LogP) is 1.33. The van der Waals surface area contributed by atoms with Gasteiger partial charge in [0.15, 0.2) is 0 Å². The number of hydrogen-bond acceptors (Lipinski definition) is 2. The van der Waals surface area contributed by atoms with Gasteiger partial charge >= 0.3 is 0 Å². The van der Waals surface area contributed by atoms with Crippen molar-refractivity contribution < 1.29 is 13.6 Å². The summed E-state index contributed by atoms with van der Waals surface area (Å²) in [6, 6.07) is 3.70. The highest BCUT2D eigenvalue weighted by atomic mass is 19.1. The maximum absolute atomic E-state index is 13.5. The van der Waals surface area contributed by atoms with E-state index in [4.69, 9.17) is 0 Å². The second kappa shape index (κ2) is 5.44. The van der Waals surface area contributed by atoms with Gasteiger partial charge in [-0.2, -0.15) is 0 Å². The molecule has 0 aliphatic carbocycles. The van der Waals surface area contributed by atoms with E-state index in [9.17, 15) is 13.6 Å². The van der Waals surface area contributed by atoms with Crippen LogP contribution in [0, 0.1) is 11.6 Å². The highest BCUT2D eigenvalue weighted by Gasteiger charge is 2.24. The van der Waals surface area contributed by atoms with Crippen molar-refractivity contribution in [2.75, 3.05) is 19.6 Å². The summed E-state index contributed by atoms with van der Waals surface area (Å²) in [6.07, 6.45) is -0.219. The molecule has 1 fully saturated rings. The van der Waals surface area contributed by atoms with E-state index in [1.54, 1.807) is 4.90 Å². The van der Waals surface area contributed by atoms with Gasteiger partial charge < -0.3 is 10.2 Å². The number of carbonyl (C=O) groups excluding carboxylic acids is 1. The van der Waals surface area contributed by atoms with Crippen molar-refractivity contribution in [1.29, 1.82) is 0 Å². The number of hydrogen-bond donors (Lipinski definition) is 1. The smallest absolute Gasteiger partial charge is 0.227 e. The molecule has 1 aromatic rings. The van der Waals surface area contributed by atoms with Crippen LogP contribution in [0.25, 0.3) is 0 Å². The molecule has 0 radical (unpaired) electrons. The third-order valence-corrected chi connectivity index (χ3v) is 3.21. The number of nitrogens with zero attached hydrogens (tertiary/aromatic N) is 1. The van der Waals surface area contributed by atoms with Crippen molar-refractivity contribution in [2.24, 2.45) is 0 Å². The minimum atomic E-state index is -0.661. The number of amides is 1. The Balaban J connectivity index is 2.11. The minimum absolute atomic E-state index is 0.0566. The summed E-state index contributed by atoms with van der Waals surface area (Å²) in [5, 5.41) is 3.16. The molecular weight excluding hydrogens is 238 g/mol. The Morgan fingerprint density at radius 1 is 1.44 bits per heavy atom. The summed E-state index contributed by atoms with van der Waals surface area (Å²) in [4.78, 5) is 13.7. The van der Waals surface area contributed by atoms with Crippen molar-refractivity contribution in [2.45, 2.75) is 19.4 Å². The van der Waals surface area contributed by atoms with Crippen molar-refractivity contribution in [3.8, 4) is 0 Å². The summed E-state index contributed by atoms with van der Waals surface area (Å²) in [6.45, 7) is 3.93. The van der Waals surface area contributed by atoms with Crippen molar-refractivity contribution in [3.05, 3.63) is 35.4 Å². The van der Waals surface area contributed by atoms with E-state index in [1.807, 2.05) is 6.92 Å². The fourth-order valence-corrected chi connectivity index (χ4v) is 2.17. The third-order valence-electron chi connectivity index (χ3n) is 3.21. The lowest BCUT2D eigenvalue weighted by Crippen LogP contribution is -2.52. The number of piperazine rings is 1. The van der Waals surface area contributed by atoms with Gasteiger partial charge in [0.2, 0.25) is 5.91 Å². The van der Waals surface area contributed by atoms with Crippen LogP contribution in [-0.4, -0.2) is 36.5 Å². The largest absolute Gasteiger partial charge is 0.337 e. The molecule has 0 saturated carbocycles. The summed E-state index contributed by atoms with van der Waals surface area (Å²) < 4.78 is 26.9. The molecule has 1 N–H and O–H groups in total. The molecule has 1 atom stereocenters. The lowest BCUT2D eigenvalue weighted by atomic mass is 10.1. The van der Waals surface area contributed by atoms with Crippen LogP contribution < -0.4 is 5.32 Å². The summed E-state index contributed by atoms with van der Waals surface area (Å²) in [5.41, 5.74) is -0.145. The first-order chi connectivity index (χ1) is 8.59. The number of rotatable bonds is 2. The van der Waals surface area contributed by atoms with E-state index in [-0.39, 0.29) is 23.9 Å². The highest BCUT2D eigenvalue weighted by molar-refractivity contribution is 5.79. The molecular formula is C13H16F2N2O. The Morgan fingerprint density at radius 2 is 2.11 bits per heavy atom. The van der Waals surface area contributed by atoms with Gasteiger partial charge in [-0.3, -0.25) is 4.79 Å². The second-order valence-corrected chi connectivity index (χ2v) is 4.52. The lowest BCUT2D eigenvalue weighted by Gasteiger charge is -2.34. The Morgan fingerprint density at radius 3 is 2.72 bits per heavy atom. The number of halogens is 2. The molecule has 0 aromatic heterocycles. The van der Waals surface area contributed by atoms with Crippen molar-refractivity contribution in [1.82, 2.24) is 10.2 Å². The van der Waals surface area contributed by atoms with Crippen LogP contribution in [0.3, 0.4) is 0 Å². The van der Waals surface area contributed by atoms with E-state index in [0.717, 1.165) is 6.54 Å². The van der Waals surface area contributed by atoms with Gasteiger partial charge in [-0.15, -0.1) is 0 Å². The third kappa shape index (κ3) is 2.67. The van der Waals surface area contributed by atoms with E-state index in [1.165, 1.54) is 18.2 Å². The van der Waals surface area contributed by atoms with Gasteiger partial charge in [-0.25, -0.2) is 8.78 Å². The molecule has 1 saturated heterocycles. The Labute approximate surface area is 105 Å². The molecule has 18 heavy (non-hydrogen) atoms. The standard InChI is InChI=1S/C13H16F2N2O/c1-9-8-16-5-6-17(9)13(18)7-10-11(14)3-2-4-12(10)15/h2-4,9,16H,5-8H2,1H3. The lowest BCUT2D eigenvalue weighted by molar-refractivity contribution is -0.133. The monoisotopic (exact) mass is 254 g/mol. The fraction of sp³-hybridized carbons (Fsp3) is 0.462. The molecule has 2 rings (SSSR count).